The van der Waals surface area contributed by atoms with E-state index >= 15 is 0 Å². The Labute approximate surface area is 42.8 Å². The van der Waals surface area contributed by atoms with Gasteiger partial charge >= 0.3 is 0 Å². The van der Waals surface area contributed by atoms with Crippen LogP contribution in [0.25, 0.3) is 0 Å². The van der Waals surface area contributed by atoms with E-state index in [1.165, 1.54) is 0 Å². The van der Waals surface area contributed by atoms with E-state index in [1.54, 1.807) is 0 Å². The lowest BCUT2D eigenvalue weighted by Gasteiger charge is -2.00. The van der Waals surface area contributed by atoms with Crippen molar-refractivity contribution in [2.45, 2.75) is 12.5 Å². The van der Waals surface area contributed by atoms with Crippen LogP contribution in [-0.2, 0) is 0 Å². The van der Waals surface area contributed by atoms with E-state index < -0.39 is 6.10 Å². The van der Waals surface area contributed by atoms with Crippen LogP contribution in [0.1, 0.15) is 6.42 Å². The normalized spacial score (nSPS) is 24.9. The Hall–Kier alpha value is -0.0800. The molecule has 0 bridgehead atoms. The van der Waals surface area contributed by atoms with Crippen LogP contribution in [0, 0.1) is 12.3 Å². The van der Waals surface area contributed by atoms with E-state index in [-0.39, 0.29) is 6.61 Å². The van der Waals surface area contributed by atoms with Gasteiger partial charge in [0.05, 0.1) is 12.7 Å². The van der Waals surface area contributed by atoms with Crippen molar-refractivity contribution in [1.82, 2.24) is 0 Å². The third-order valence-electron chi connectivity index (χ3n) is 1.19. The number of rotatable bonds is 2. The fraction of sp³-hybridized carbons (Fsp3) is 0.800. The first-order chi connectivity index (χ1) is 3.34. The summed E-state index contributed by atoms with van der Waals surface area (Å²) in [6, 6.07) is 0. The molecule has 1 aliphatic rings. The lowest BCUT2D eigenvalue weighted by Crippen LogP contribution is -2.13. The van der Waals surface area contributed by atoms with Crippen molar-refractivity contribution in [2.75, 3.05) is 6.61 Å². The minimum atomic E-state index is -0.486. The second-order valence-electron chi connectivity index (χ2n) is 1.89. The molecule has 2 atom stereocenters. The maximum absolute atomic E-state index is 8.72. The zero-order valence-electron chi connectivity index (χ0n) is 4.04. The topological polar surface area (TPSA) is 40.5 Å². The summed E-state index contributed by atoms with van der Waals surface area (Å²) in [7, 11) is 0. The van der Waals surface area contributed by atoms with Gasteiger partial charge in [0.15, 0.2) is 0 Å². The molecule has 0 saturated heterocycles. The first-order valence-corrected chi connectivity index (χ1v) is 2.47. The molecule has 0 aliphatic heterocycles. The third kappa shape index (κ3) is 1.14. The van der Waals surface area contributed by atoms with Gasteiger partial charge in [-0.1, -0.05) is 0 Å². The van der Waals surface area contributed by atoms with Crippen LogP contribution in [0.15, 0.2) is 0 Å². The molecule has 0 spiro atoms. The molecule has 1 saturated carbocycles. The molecule has 0 aromatic carbocycles. The summed E-state index contributed by atoms with van der Waals surface area (Å²) in [6.45, 7) is -0.0961. The van der Waals surface area contributed by atoms with Gasteiger partial charge in [0.2, 0.25) is 0 Å². The summed E-state index contributed by atoms with van der Waals surface area (Å²) >= 11 is 0. The van der Waals surface area contributed by atoms with Gasteiger partial charge in [-0.15, -0.1) is 0 Å². The molecule has 7 heavy (non-hydrogen) atoms. The van der Waals surface area contributed by atoms with E-state index in [9.17, 15) is 0 Å². The summed E-state index contributed by atoms with van der Waals surface area (Å²) in [5.41, 5.74) is 0. The second kappa shape index (κ2) is 1.80. The zero-order chi connectivity index (χ0) is 5.28. The van der Waals surface area contributed by atoms with Crippen LogP contribution in [0.5, 0.6) is 0 Å². The SMILES string of the molecule is OCC(O)C1[CH]C1. The zero-order valence-corrected chi connectivity index (χ0v) is 4.04. The number of aliphatic hydroxyl groups excluding tert-OH is 2. The van der Waals surface area contributed by atoms with Crippen LogP contribution < -0.4 is 0 Å². The van der Waals surface area contributed by atoms with Crippen molar-refractivity contribution in [3.63, 3.8) is 0 Å². The molecular formula is C5H9O2. The summed E-state index contributed by atoms with van der Waals surface area (Å²) in [5, 5.41) is 17.0. The Morgan fingerprint density at radius 3 is 2.57 bits per heavy atom. The molecule has 0 aromatic rings. The molecule has 2 nitrogen and oxygen atoms in total. The maximum atomic E-state index is 8.72. The van der Waals surface area contributed by atoms with Crippen molar-refractivity contribution >= 4 is 0 Å². The predicted octanol–water partition coefficient (Wildman–Crippen LogP) is -0.436. The predicted molar refractivity (Wildman–Crippen MR) is 25.5 cm³/mol. The van der Waals surface area contributed by atoms with E-state index in [4.69, 9.17) is 10.2 Å². The summed E-state index contributed by atoms with van der Waals surface area (Å²) in [4.78, 5) is 0. The fourth-order valence-corrected chi connectivity index (χ4v) is 0.528. The highest BCUT2D eigenvalue weighted by atomic mass is 16.3. The second-order valence-corrected chi connectivity index (χ2v) is 1.89. The molecule has 1 rings (SSSR count). The molecule has 2 heteroatoms. The molecule has 0 amide bonds. The lowest BCUT2D eigenvalue weighted by atomic mass is 10.2. The lowest BCUT2D eigenvalue weighted by molar-refractivity contribution is 0.0811. The molecule has 0 aromatic heterocycles. The standard InChI is InChI=1S/C5H9O2/c6-3-5(7)4-1-2-4/h1,4-7H,2-3H2. The molecule has 0 heterocycles. The highest BCUT2D eigenvalue weighted by Crippen LogP contribution is 2.30. The van der Waals surface area contributed by atoms with Crippen molar-refractivity contribution in [2.24, 2.45) is 5.92 Å². The number of hydrogen-bond acceptors (Lipinski definition) is 2. The van der Waals surface area contributed by atoms with Crippen molar-refractivity contribution < 1.29 is 10.2 Å². The quantitative estimate of drug-likeness (QED) is 0.495. The highest BCUT2D eigenvalue weighted by Gasteiger charge is 2.29. The summed E-state index contributed by atoms with van der Waals surface area (Å²) < 4.78 is 0. The van der Waals surface area contributed by atoms with Crippen LogP contribution in [-0.4, -0.2) is 22.9 Å². The Bertz CT molecular complexity index is 59.1. The highest BCUT2D eigenvalue weighted by molar-refractivity contribution is 4.98. The average molecular weight is 101 g/mol. The van der Waals surface area contributed by atoms with Crippen molar-refractivity contribution in [1.29, 1.82) is 0 Å². The minimum absolute atomic E-state index is 0.0961. The fourth-order valence-electron chi connectivity index (χ4n) is 0.528. The van der Waals surface area contributed by atoms with Crippen molar-refractivity contribution in [3.05, 3.63) is 6.42 Å². The van der Waals surface area contributed by atoms with Crippen LogP contribution in [0.4, 0.5) is 0 Å². The molecule has 1 aliphatic carbocycles. The average Bonchev–Trinajstić information content (AvgIpc) is 2.44. The van der Waals surface area contributed by atoms with E-state index in [1.807, 2.05) is 6.42 Å². The first kappa shape index (κ1) is 5.06. The monoisotopic (exact) mass is 101 g/mol. The maximum Gasteiger partial charge on any atom is 0.0801 e. The van der Waals surface area contributed by atoms with Crippen LogP contribution in [0.2, 0.25) is 0 Å². The van der Waals surface area contributed by atoms with E-state index in [0.29, 0.717) is 5.92 Å². The van der Waals surface area contributed by atoms with Gasteiger partial charge in [0.25, 0.3) is 0 Å². The van der Waals surface area contributed by atoms with Crippen LogP contribution >= 0.6 is 0 Å². The van der Waals surface area contributed by atoms with Gasteiger partial charge in [-0.25, -0.2) is 0 Å². The Kier molecular flexibility index (Phi) is 1.30. The van der Waals surface area contributed by atoms with Gasteiger partial charge in [-0.2, -0.15) is 0 Å². The third-order valence-corrected chi connectivity index (χ3v) is 1.19. The van der Waals surface area contributed by atoms with Crippen molar-refractivity contribution in [3.8, 4) is 0 Å². The Morgan fingerprint density at radius 2 is 2.43 bits per heavy atom. The first-order valence-electron chi connectivity index (χ1n) is 2.47. The van der Waals surface area contributed by atoms with Gasteiger partial charge in [0.1, 0.15) is 0 Å². The number of aliphatic hydroxyl groups is 2. The summed E-state index contributed by atoms with van der Waals surface area (Å²) in [5.74, 6) is 0.296. The van der Waals surface area contributed by atoms with Gasteiger partial charge in [-0.05, 0) is 18.8 Å². The smallest absolute Gasteiger partial charge is 0.0801 e. The molecular weight excluding hydrogens is 92.1 g/mol. The van der Waals surface area contributed by atoms with Gasteiger partial charge < -0.3 is 10.2 Å². The van der Waals surface area contributed by atoms with E-state index in [2.05, 4.69) is 0 Å². The Balaban J connectivity index is 2.10. The molecule has 1 fully saturated rings. The van der Waals surface area contributed by atoms with Gasteiger partial charge in [0, 0.05) is 0 Å². The molecule has 2 N–H and O–H groups in total. The molecule has 1 radical (unpaired) electrons. The number of hydrogen-bond donors (Lipinski definition) is 2. The van der Waals surface area contributed by atoms with E-state index in [0.717, 1.165) is 6.42 Å². The summed E-state index contributed by atoms with van der Waals surface area (Å²) in [6.07, 6.45) is 2.47. The van der Waals surface area contributed by atoms with Crippen LogP contribution in [0.3, 0.4) is 0 Å². The Morgan fingerprint density at radius 1 is 1.86 bits per heavy atom. The minimum Gasteiger partial charge on any atom is -0.394 e. The van der Waals surface area contributed by atoms with Gasteiger partial charge in [-0.3, -0.25) is 0 Å². The molecule has 2 unspecified atom stereocenters. The molecule has 41 valence electrons. The largest absolute Gasteiger partial charge is 0.394 e.